The quantitative estimate of drug-likeness (QED) is 0.870. The number of hydrogen-bond donors (Lipinski definition) is 1. The third-order valence-corrected chi connectivity index (χ3v) is 3.25. The van der Waals surface area contributed by atoms with E-state index in [4.69, 9.17) is 0 Å². The van der Waals surface area contributed by atoms with Crippen molar-refractivity contribution in [1.29, 1.82) is 0 Å². The highest BCUT2D eigenvalue weighted by Gasteiger charge is 2.13. The van der Waals surface area contributed by atoms with Crippen LogP contribution in [-0.2, 0) is 0 Å². The second-order valence-corrected chi connectivity index (χ2v) is 4.74. The molecule has 0 saturated carbocycles. The Morgan fingerprint density at radius 3 is 2.37 bits per heavy atom. The van der Waals surface area contributed by atoms with Crippen LogP contribution in [0, 0.1) is 5.82 Å². The van der Waals surface area contributed by atoms with Gasteiger partial charge in [-0.15, -0.1) is 0 Å². The van der Waals surface area contributed by atoms with Gasteiger partial charge in [0.25, 0.3) is 0 Å². The van der Waals surface area contributed by atoms with E-state index in [1.807, 2.05) is 4.90 Å². The number of benzene rings is 1. The van der Waals surface area contributed by atoms with Crippen LogP contribution in [0.4, 0.5) is 9.18 Å². The van der Waals surface area contributed by atoms with Crippen molar-refractivity contribution in [2.45, 2.75) is 25.7 Å². The standard InChI is InChI=1S/C15H19FN2O/c16-14-7-5-13(6-8-14)9-10-17-15(19)18-11-3-1-2-4-12-18/h5-10H,1-4,11-12H2,(H,17,19)/b10-9+. The molecule has 0 aromatic heterocycles. The van der Waals surface area contributed by atoms with E-state index < -0.39 is 0 Å². The van der Waals surface area contributed by atoms with Gasteiger partial charge in [-0.3, -0.25) is 0 Å². The minimum Gasteiger partial charge on any atom is -0.325 e. The van der Waals surface area contributed by atoms with E-state index in [2.05, 4.69) is 5.32 Å². The van der Waals surface area contributed by atoms with Crippen LogP contribution in [0.15, 0.2) is 30.5 Å². The topological polar surface area (TPSA) is 32.3 Å². The summed E-state index contributed by atoms with van der Waals surface area (Å²) in [6.45, 7) is 1.66. The minimum atomic E-state index is -0.259. The summed E-state index contributed by atoms with van der Waals surface area (Å²) in [7, 11) is 0. The first-order valence-corrected chi connectivity index (χ1v) is 6.73. The van der Waals surface area contributed by atoms with Crippen molar-refractivity contribution >= 4 is 12.1 Å². The molecule has 1 heterocycles. The number of amides is 2. The number of carbonyl (C=O) groups excluding carboxylic acids is 1. The minimum absolute atomic E-state index is 0.0553. The number of hydrogen-bond acceptors (Lipinski definition) is 1. The number of nitrogens with zero attached hydrogens (tertiary/aromatic N) is 1. The molecule has 1 aliphatic heterocycles. The van der Waals surface area contributed by atoms with Crippen molar-refractivity contribution in [3.63, 3.8) is 0 Å². The van der Waals surface area contributed by atoms with Crippen LogP contribution in [0.25, 0.3) is 6.08 Å². The summed E-state index contributed by atoms with van der Waals surface area (Å²) < 4.78 is 12.7. The fourth-order valence-electron chi connectivity index (χ4n) is 2.15. The van der Waals surface area contributed by atoms with Crippen LogP contribution >= 0.6 is 0 Å². The summed E-state index contributed by atoms with van der Waals surface area (Å²) in [5.74, 6) is -0.259. The zero-order chi connectivity index (χ0) is 13.5. The highest BCUT2D eigenvalue weighted by atomic mass is 19.1. The van der Waals surface area contributed by atoms with Crippen molar-refractivity contribution < 1.29 is 9.18 Å². The molecule has 2 rings (SSSR count). The molecule has 0 aliphatic carbocycles. The van der Waals surface area contributed by atoms with Crippen molar-refractivity contribution in [2.75, 3.05) is 13.1 Å². The smallest absolute Gasteiger partial charge is 0.321 e. The zero-order valence-corrected chi connectivity index (χ0v) is 10.9. The van der Waals surface area contributed by atoms with E-state index in [0.29, 0.717) is 0 Å². The molecule has 1 aliphatic rings. The second-order valence-electron chi connectivity index (χ2n) is 4.74. The number of likely N-dealkylation sites (tertiary alicyclic amines) is 1. The van der Waals surface area contributed by atoms with E-state index in [1.54, 1.807) is 24.4 Å². The van der Waals surface area contributed by atoms with Gasteiger partial charge in [-0.1, -0.05) is 25.0 Å². The van der Waals surface area contributed by atoms with Gasteiger partial charge < -0.3 is 10.2 Å². The van der Waals surface area contributed by atoms with Gasteiger partial charge in [-0.25, -0.2) is 9.18 Å². The summed E-state index contributed by atoms with van der Waals surface area (Å²) in [5.41, 5.74) is 0.859. The number of carbonyl (C=O) groups is 1. The number of urea groups is 1. The van der Waals surface area contributed by atoms with Gasteiger partial charge in [0.05, 0.1) is 0 Å². The molecule has 1 saturated heterocycles. The summed E-state index contributed by atoms with van der Waals surface area (Å²) in [6.07, 6.45) is 7.93. The van der Waals surface area contributed by atoms with Crippen molar-refractivity contribution in [2.24, 2.45) is 0 Å². The molecule has 3 nitrogen and oxygen atoms in total. The average molecular weight is 262 g/mol. The molecular weight excluding hydrogens is 243 g/mol. The maximum atomic E-state index is 12.7. The van der Waals surface area contributed by atoms with Gasteiger partial charge in [0.1, 0.15) is 5.82 Å². The molecule has 1 fully saturated rings. The Bertz CT molecular complexity index is 434. The highest BCUT2D eigenvalue weighted by Crippen LogP contribution is 2.09. The lowest BCUT2D eigenvalue weighted by molar-refractivity contribution is 0.203. The Morgan fingerprint density at radius 1 is 1.11 bits per heavy atom. The van der Waals surface area contributed by atoms with Gasteiger partial charge in [0.15, 0.2) is 0 Å². The van der Waals surface area contributed by atoms with Crippen LogP contribution in [0.5, 0.6) is 0 Å². The van der Waals surface area contributed by atoms with Gasteiger partial charge in [0, 0.05) is 19.3 Å². The molecule has 0 bridgehead atoms. The normalized spacial score (nSPS) is 16.4. The van der Waals surface area contributed by atoms with E-state index in [-0.39, 0.29) is 11.8 Å². The van der Waals surface area contributed by atoms with Gasteiger partial charge >= 0.3 is 6.03 Å². The zero-order valence-electron chi connectivity index (χ0n) is 10.9. The first kappa shape index (κ1) is 13.6. The highest BCUT2D eigenvalue weighted by molar-refractivity contribution is 5.76. The lowest BCUT2D eigenvalue weighted by Gasteiger charge is -2.19. The molecular formula is C15H19FN2O. The van der Waals surface area contributed by atoms with Crippen LogP contribution < -0.4 is 5.32 Å². The molecule has 0 spiro atoms. The Kier molecular flexibility index (Phi) is 4.95. The first-order chi connectivity index (χ1) is 9.25. The van der Waals surface area contributed by atoms with E-state index in [1.165, 1.54) is 25.0 Å². The predicted molar refractivity (Wildman–Crippen MR) is 74.0 cm³/mol. The van der Waals surface area contributed by atoms with Crippen molar-refractivity contribution in [3.05, 3.63) is 41.8 Å². The Hall–Kier alpha value is -1.84. The van der Waals surface area contributed by atoms with Crippen molar-refractivity contribution in [1.82, 2.24) is 10.2 Å². The van der Waals surface area contributed by atoms with Crippen LogP contribution in [-0.4, -0.2) is 24.0 Å². The average Bonchev–Trinajstić information content (AvgIpc) is 2.70. The number of rotatable bonds is 2. The van der Waals surface area contributed by atoms with E-state index in [0.717, 1.165) is 31.5 Å². The van der Waals surface area contributed by atoms with Crippen LogP contribution in [0.2, 0.25) is 0 Å². The van der Waals surface area contributed by atoms with Crippen molar-refractivity contribution in [3.8, 4) is 0 Å². The molecule has 1 aromatic carbocycles. The summed E-state index contributed by atoms with van der Waals surface area (Å²) in [6, 6.07) is 6.08. The second kappa shape index (κ2) is 6.92. The van der Waals surface area contributed by atoms with Crippen LogP contribution in [0.3, 0.4) is 0 Å². The number of nitrogens with one attached hydrogen (secondary N) is 1. The third-order valence-electron chi connectivity index (χ3n) is 3.25. The summed E-state index contributed by atoms with van der Waals surface area (Å²) in [4.78, 5) is 13.7. The molecule has 1 aromatic rings. The molecule has 19 heavy (non-hydrogen) atoms. The molecule has 2 amide bonds. The first-order valence-electron chi connectivity index (χ1n) is 6.73. The Morgan fingerprint density at radius 2 is 1.74 bits per heavy atom. The van der Waals surface area contributed by atoms with Crippen LogP contribution in [0.1, 0.15) is 31.2 Å². The maximum Gasteiger partial charge on any atom is 0.321 e. The van der Waals surface area contributed by atoms with Gasteiger partial charge in [0.2, 0.25) is 0 Å². The van der Waals surface area contributed by atoms with E-state index >= 15 is 0 Å². The predicted octanol–water partition coefficient (Wildman–Crippen LogP) is 3.38. The largest absolute Gasteiger partial charge is 0.325 e. The molecule has 102 valence electrons. The van der Waals surface area contributed by atoms with E-state index in [9.17, 15) is 9.18 Å². The van der Waals surface area contributed by atoms with Gasteiger partial charge in [-0.2, -0.15) is 0 Å². The molecule has 1 N–H and O–H groups in total. The fourth-order valence-corrected chi connectivity index (χ4v) is 2.15. The molecule has 0 unspecified atom stereocenters. The van der Waals surface area contributed by atoms with Gasteiger partial charge in [-0.05, 0) is 36.6 Å². The SMILES string of the molecule is O=C(N/C=C/c1ccc(F)cc1)N1CCCCCC1. The fraction of sp³-hybridized carbons (Fsp3) is 0.400. The molecule has 0 atom stereocenters. The summed E-state index contributed by atoms with van der Waals surface area (Å²) in [5, 5.41) is 2.76. The molecule has 0 radical (unpaired) electrons. The third kappa shape index (κ3) is 4.39. The Balaban J connectivity index is 1.83. The Labute approximate surface area is 113 Å². The summed E-state index contributed by atoms with van der Waals surface area (Å²) >= 11 is 0. The lowest BCUT2D eigenvalue weighted by Crippen LogP contribution is -2.38. The number of halogens is 1. The monoisotopic (exact) mass is 262 g/mol. The molecule has 4 heteroatoms. The lowest BCUT2D eigenvalue weighted by atomic mass is 10.2. The maximum absolute atomic E-state index is 12.7.